The number of hydrogen-bond donors (Lipinski definition) is 2. The Morgan fingerprint density at radius 1 is 1.44 bits per heavy atom. The molecule has 1 aliphatic carbocycles. The van der Waals surface area contributed by atoms with Crippen molar-refractivity contribution in [3.05, 3.63) is 0 Å². The van der Waals surface area contributed by atoms with Crippen LogP contribution in [0.25, 0.3) is 0 Å². The molecule has 16 heavy (non-hydrogen) atoms. The summed E-state index contributed by atoms with van der Waals surface area (Å²) in [5.41, 5.74) is 5.12. The zero-order valence-corrected chi connectivity index (χ0v) is 10.9. The first-order valence-corrected chi connectivity index (χ1v) is 6.73. The largest absolute Gasteiger partial charge is 0.388 e. The molecule has 3 N–H and O–H groups in total. The highest BCUT2D eigenvalue weighted by Crippen LogP contribution is 2.37. The van der Waals surface area contributed by atoms with Crippen molar-refractivity contribution < 1.29 is 5.11 Å². The number of nitrogens with zero attached hydrogens (tertiary/aromatic N) is 1. The van der Waals surface area contributed by atoms with Gasteiger partial charge in [-0.1, -0.05) is 19.8 Å². The van der Waals surface area contributed by atoms with Gasteiger partial charge in [-0.15, -0.1) is 0 Å². The minimum absolute atomic E-state index is 0.418. The predicted octanol–water partition coefficient (Wildman–Crippen LogP) is 1.60. The van der Waals surface area contributed by atoms with Crippen molar-refractivity contribution in [1.82, 2.24) is 4.90 Å². The molecule has 2 atom stereocenters. The SMILES string of the molecule is CCCCN(C)CCC1CCCC1(O)CN. The van der Waals surface area contributed by atoms with E-state index in [1.807, 2.05) is 0 Å². The quantitative estimate of drug-likeness (QED) is 0.696. The summed E-state index contributed by atoms with van der Waals surface area (Å²) in [6, 6.07) is 0. The predicted molar refractivity (Wildman–Crippen MR) is 68.4 cm³/mol. The van der Waals surface area contributed by atoms with Gasteiger partial charge >= 0.3 is 0 Å². The zero-order chi connectivity index (χ0) is 12.0. The van der Waals surface area contributed by atoms with Crippen LogP contribution in [0, 0.1) is 5.92 Å². The molecule has 3 nitrogen and oxygen atoms in total. The molecule has 0 aromatic heterocycles. The van der Waals surface area contributed by atoms with Crippen molar-refractivity contribution in [3.8, 4) is 0 Å². The molecule has 0 aromatic rings. The molecule has 0 saturated heterocycles. The Bertz CT molecular complexity index is 198. The molecule has 0 radical (unpaired) electrons. The van der Waals surface area contributed by atoms with E-state index < -0.39 is 5.60 Å². The molecule has 1 rings (SSSR count). The first-order valence-electron chi connectivity index (χ1n) is 6.73. The fourth-order valence-corrected chi connectivity index (χ4v) is 2.73. The third kappa shape index (κ3) is 3.72. The molecule has 1 fully saturated rings. The molecule has 96 valence electrons. The minimum atomic E-state index is -0.564. The van der Waals surface area contributed by atoms with Gasteiger partial charge in [0.05, 0.1) is 5.60 Å². The van der Waals surface area contributed by atoms with Crippen LogP contribution in [0.3, 0.4) is 0 Å². The highest BCUT2D eigenvalue weighted by atomic mass is 16.3. The summed E-state index contributed by atoms with van der Waals surface area (Å²) in [4.78, 5) is 2.37. The van der Waals surface area contributed by atoms with Gasteiger partial charge in [0, 0.05) is 6.54 Å². The van der Waals surface area contributed by atoms with Crippen LogP contribution >= 0.6 is 0 Å². The Hall–Kier alpha value is -0.120. The Kier molecular flexibility index (Phi) is 5.73. The monoisotopic (exact) mass is 228 g/mol. The van der Waals surface area contributed by atoms with E-state index in [0.29, 0.717) is 12.5 Å². The lowest BCUT2D eigenvalue weighted by Crippen LogP contribution is -2.42. The minimum Gasteiger partial charge on any atom is -0.388 e. The molecule has 3 heteroatoms. The van der Waals surface area contributed by atoms with Crippen molar-refractivity contribution in [3.63, 3.8) is 0 Å². The van der Waals surface area contributed by atoms with Gasteiger partial charge in [0.2, 0.25) is 0 Å². The van der Waals surface area contributed by atoms with Crippen LogP contribution in [0.4, 0.5) is 0 Å². The van der Waals surface area contributed by atoms with E-state index in [4.69, 9.17) is 5.73 Å². The molecule has 1 aliphatic rings. The maximum absolute atomic E-state index is 10.3. The average Bonchev–Trinajstić information content (AvgIpc) is 2.66. The van der Waals surface area contributed by atoms with Gasteiger partial charge < -0.3 is 15.7 Å². The molecule has 0 bridgehead atoms. The lowest BCUT2D eigenvalue weighted by atomic mass is 9.88. The average molecular weight is 228 g/mol. The Balaban J connectivity index is 2.26. The van der Waals surface area contributed by atoms with Crippen LogP contribution in [-0.2, 0) is 0 Å². The summed E-state index contributed by atoms with van der Waals surface area (Å²) in [5, 5.41) is 10.3. The smallest absolute Gasteiger partial charge is 0.0797 e. The van der Waals surface area contributed by atoms with Crippen LogP contribution in [0.15, 0.2) is 0 Å². The van der Waals surface area contributed by atoms with E-state index in [1.165, 1.54) is 19.4 Å². The summed E-state index contributed by atoms with van der Waals surface area (Å²) in [7, 11) is 2.17. The lowest BCUT2D eigenvalue weighted by molar-refractivity contribution is 0.00533. The van der Waals surface area contributed by atoms with Crippen molar-refractivity contribution >= 4 is 0 Å². The van der Waals surface area contributed by atoms with E-state index in [0.717, 1.165) is 32.2 Å². The van der Waals surface area contributed by atoms with Gasteiger partial charge in [-0.2, -0.15) is 0 Å². The van der Waals surface area contributed by atoms with E-state index in [-0.39, 0.29) is 0 Å². The number of unbranched alkanes of at least 4 members (excludes halogenated alkanes) is 1. The first-order chi connectivity index (χ1) is 7.62. The second-order valence-corrected chi connectivity index (χ2v) is 5.34. The normalized spacial score (nSPS) is 30.2. The topological polar surface area (TPSA) is 49.5 Å². The molecule has 0 amide bonds. The standard InChI is InChI=1S/C13H28N2O/c1-3-4-9-15(2)10-7-12-6-5-8-13(12,16)11-14/h12,16H,3-11,14H2,1-2H3. The maximum Gasteiger partial charge on any atom is 0.0797 e. The highest BCUT2D eigenvalue weighted by molar-refractivity contribution is 4.93. The fourth-order valence-electron chi connectivity index (χ4n) is 2.73. The van der Waals surface area contributed by atoms with Gasteiger partial charge in [0.25, 0.3) is 0 Å². The van der Waals surface area contributed by atoms with Gasteiger partial charge in [-0.05, 0) is 51.7 Å². The van der Waals surface area contributed by atoms with E-state index in [2.05, 4.69) is 18.9 Å². The zero-order valence-electron chi connectivity index (χ0n) is 10.9. The summed E-state index contributed by atoms with van der Waals surface area (Å²) < 4.78 is 0. The Labute approximate surface area is 100 Å². The molecule has 2 unspecified atom stereocenters. The van der Waals surface area contributed by atoms with Crippen molar-refractivity contribution in [1.29, 1.82) is 0 Å². The molecule has 0 aromatic carbocycles. The Morgan fingerprint density at radius 3 is 2.81 bits per heavy atom. The third-order valence-corrected chi connectivity index (χ3v) is 4.03. The van der Waals surface area contributed by atoms with E-state index in [9.17, 15) is 5.11 Å². The van der Waals surface area contributed by atoms with Crippen molar-refractivity contribution in [2.45, 2.75) is 51.0 Å². The van der Waals surface area contributed by atoms with E-state index in [1.54, 1.807) is 0 Å². The summed E-state index contributed by atoms with van der Waals surface area (Å²) in [5.74, 6) is 0.418. The molecule has 0 aliphatic heterocycles. The third-order valence-electron chi connectivity index (χ3n) is 4.03. The summed E-state index contributed by atoms with van der Waals surface area (Å²) in [6.07, 6.45) is 6.79. The highest BCUT2D eigenvalue weighted by Gasteiger charge is 2.39. The van der Waals surface area contributed by atoms with Gasteiger partial charge in [-0.25, -0.2) is 0 Å². The number of aliphatic hydroxyl groups is 1. The number of nitrogens with two attached hydrogens (primary N) is 1. The van der Waals surface area contributed by atoms with Gasteiger partial charge in [0.1, 0.15) is 0 Å². The second-order valence-electron chi connectivity index (χ2n) is 5.34. The lowest BCUT2D eigenvalue weighted by Gasteiger charge is -2.30. The van der Waals surface area contributed by atoms with Crippen LogP contribution in [0.2, 0.25) is 0 Å². The molecule has 0 spiro atoms. The van der Waals surface area contributed by atoms with Crippen LogP contribution in [0.1, 0.15) is 45.4 Å². The van der Waals surface area contributed by atoms with Crippen LogP contribution in [0.5, 0.6) is 0 Å². The van der Waals surface area contributed by atoms with Crippen LogP contribution in [-0.4, -0.2) is 42.3 Å². The van der Waals surface area contributed by atoms with Crippen molar-refractivity contribution in [2.24, 2.45) is 11.7 Å². The Morgan fingerprint density at radius 2 is 2.19 bits per heavy atom. The second kappa shape index (κ2) is 6.58. The molecule has 0 heterocycles. The van der Waals surface area contributed by atoms with Crippen molar-refractivity contribution in [2.75, 3.05) is 26.7 Å². The first kappa shape index (κ1) is 13.9. The maximum atomic E-state index is 10.3. The van der Waals surface area contributed by atoms with E-state index >= 15 is 0 Å². The summed E-state index contributed by atoms with van der Waals surface area (Å²) >= 11 is 0. The summed E-state index contributed by atoms with van der Waals surface area (Å²) in [6.45, 7) is 4.91. The molecular weight excluding hydrogens is 200 g/mol. The number of rotatable bonds is 7. The van der Waals surface area contributed by atoms with Gasteiger partial charge in [0.15, 0.2) is 0 Å². The fraction of sp³-hybridized carbons (Fsp3) is 1.00. The molecule has 1 saturated carbocycles. The van der Waals surface area contributed by atoms with Crippen LogP contribution < -0.4 is 5.73 Å². The molecular formula is C13H28N2O. The van der Waals surface area contributed by atoms with Gasteiger partial charge in [-0.3, -0.25) is 0 Å². The number of hydrogen-bond acceptors (Lipinski definition) is 3.